The fourth-order valence-corrected chi connectivity index (χ4v) is 2.96. The van der Waals surface area contributed by atoms with Crippen molar-refractivity contribution in [2.45, 2.75) is 19.1 Å². The first-order chi connectivity index (χ1) is 11.0. The van der Waals surface area contributed by atoms with Crippen LogP contribution in [0.3, 0.4) is 0 Å². The normalized spacial score (nSPS) is 22.7. The van der Waals surface area contributed by atoms with E-state index in [2.05, 4.69) is 6.58 Å². The van der Waals surface area contributed by atoms with Gasteiger partial charge in [0.15, 0.2) is 11.5 Å². The maximum Gasteiger partial charge on any atom is 0.235 e. The molecule has 0 aromatic heterocycles. The molecule has 0 bridgehead atoms. The minimum atomic E-state index is -1.03. The highest BCUT2D eigenvalue weighted by Crippen LogP contribution is 2.36. The number of benzene rings is 1. The lowest BCUT2D eigenvalue weighted by Gasteiger charge is -2.46. The lowest BCUT2D eigenvalue weighted by molar-refractivity contribution is -0.137. The van der Waals surface area contributed by atoms with E-state index >= 15 is 0 Å². The van der Waals surface area contributed by atoms with Crippen LogP contribution in [0.2, 0.25) is 0 Å². The molecule has 0 radical (unpaired) electrons. The number of ether oxygens (including phenoxy) is 1. The summed E-state index contributed by atoms with van der Waals surface area (Å²) in [6.45, 7) is 6.11. The highest BCUT2D eigenvalue weighted by molar-refractivity contribution is 6.03. The number of anilines is 1. The molecule has 1 unspecified atom stereocenters. The maximum atomic E-state index is 13.1. The Hall–Kier alpha value is -2.46. The number of hydrogen-bond acceptors (Lipinski definition) is 3. The quantitative estimate of drug-likeness (QED) is 0.806. The van der Waals surface area contributed by atoms with Crippen LogP contribution in [0.15, 0.2) is 66.8 Å². The van der Waals surface area contributed by atoms with Crippen LogP contribution in [0, 0.1) is 5.92 Å². The molecule has 118 valence electrons. The van der Waals surface area contributed by atoms with Crippen LogP contribution in [0.25, 0.3) is 0 Å². The molecule has 1 atom stereocenters. The summed E-state index contributed by atoms with van der Waals surface area (Å²) in [5, 5.41) is 0. The van der Waals surface area contributed by atoms with Gasteiger partial charge in [0.2, 0.25) is 5.91 Å². The molecule has 1 aromatic rings. The third-order valence-electron chi connectivity index (χ3n) is 4.02. The Morgan fingerprint density at radius 1 is 1.26 bits per heavy atom. The van der Waals surface area contributed by atoms with Crippen LogP contribution >= 0.6 is 0 Å². The molecular weight excluding hydrogens is 290 g/mol. The molecule has 4 heteroatoms. The van der Waals surface area contributed by atoms with Crippen molar-refractivity contribution in [3.63, 3.8) is 0 Å². The minimum Gasteiger partial charge on any atom is -0.347 e. The van der Waals surface area contributed by atoms with Crippen molar-refractivity contribution in [1.82, 2.24) is 0 Å². The topological polar surface area (TPSA) is 46.6 Å². The van der Waals surface area contributed by atoms with Crippen LogP contribution in [0.4, 0.5) is 5.69 Å². The van der Waals surface area contributed by atoms with E-state index in [0.29, 0.717) is 13.0 Å². The fourth-order valence-electron chi connectivity index (χ4n) is 2.96. The van der Waals surface area contributed by atoms with E-state index in [-0.39, 0.29) is 17.6 Å². The van der Waals surface area contributed by atoms with Gasteiger partial charge in [0.25, 0.3) is 0 Å². The van der Waals surface area contributed by atoms with Crippen LogP contribution in [0.1, 0.15) is 13.3 Å². The second kappa shape index (κ2) is 5.97. The van der Waals surface area contributed by atoms with Gasteiger partial charge in [0, 0.05) is 5.69 Å². The number of nitrogens with zero attached hydrogens (tertiary/aromatic N) is 1. The average molecular weight is 309 g/mol. The monoisotopic (exact) mass is 309 g/mol. The van der Waals surface area contributed by atoms with Crippen molar-refractivity contribution >= 4 is 17.4 Å². The van der Waals surface area contributed by atoms with Gasteiger partial charge in [-0.25, -0.2) is 0 Å². The number of carbonyl (C=O) groups is 2. The number of para-hydroxylation sites is 1. The molecule has 1 aliphatic carbocycles. The first-order valence-corrected chi connectivity index (χ1v) is 7.62. The number of ketones is 1. The molecule has 4 nitrogen and oxygen atoms in total. The number of allylic oxidation sites excluding steroid dienone is 3. The van der Waals surface area contributed by atoms with Gasteiger partial charge >= 0.3 is 0 Å². The standard InChI is InChI=1S/C19H19NO3/c1-14(2)12-15-13-23-19(10-8-17(21)9-11-19)20(18(15)22)16-6-4-3-5-7-16/h3-11,15H,1,12-13H2,2H3. The van der Waals surface area contributed by atoms with Gasteiger partial charge in [-0.3, -0.25) is 14.5 Å². The summed E-state index contributed by atoms with van der Waals surface area (Å²) >= 11 is 0. The lowest BCUT2D eigenvalue weighted by atomic mass is 9.93. The van der Waals surface area contributed by atoms with Gasteiger partial charge in [-0.05, 0) is 49.8 Å². The molecule has 1 fully saturated rings. The summed E-state index contributed by atoms with van der Waals surface area (Å²) in [4.78, 5) is 26.2. The van der Waals surface area contributed by atoms with E-state index < -0.39 is 5.72 Å². The predicted molar refractivity (Wildman–Crippen MR) is 88.8 cm³/mol. The third-order valence-corrected chi connectivity index (χ3v) is 4.02. The first kappa shape index (κ1) is 15.4. The minimum absolute atomic E-state index is 0.0194. The van der Waals surface area contributed by atoms with Gasteiger partial charge in [-0.1, -0.05) is 23.8 Å². The smallest absolute Gasteiger partial charge is 0.235 e. The zero-order chi connectivity index (χ0) is 16.4. The van der Waals surface area contributed by atoms with E-state index in [4.69, 9.17) is 4.74 Å². The van der Waals surface area contributed by atoms with Crippen molar-refractivity contribution in [1.29, 1.82) is 0 Å². The van der Waals surface area contributed by atoms with Crippen LogP contribution in [-0.2, 0) is 14.3 Å². The Kier molecular flexibility index (Phi) is 4.01. The first-order valence-electron chi connectivity index (χ1n) is 7.62. The number of carbonyl (C=O) groups excluding carboxylic acids is 2. The van der Waals surface area contributed by atoms with E-state index in [0.717, 1.165) is 11.3 Å². The fraction of sp³-hybridized carbons (Fsp3) is 0.263. The molecule has 1 amide bonds. The van der Waals surface area contributed by atoms with Gasteiger partial charge in [0.1, 0.15) is 0 Å². The van der Waals surface area contributed by atoms with Crippen molar-refractivity contribution in [3.8, 4) is 0 Å². The maximum absolute atomic E-state index is 13.1. The Morgan fingerprint density at radius 3 is 2.52 bits per heavy atom. The molecule has 1 aromatic carbocycles. The molecule has 1 spiro atoms. The molecule has 23 heavy (non-hydrogen) atoms. The Labute approximate surface area is 135 Å². The zero-order valence-corrected chi connectivity index (χ0v) is 13.1. The SMILES string of the molecule is C=C(C)CC1COC2(C=CC(=O)C=C2)N(c2ccccc2)C1=O. The number of rotatable bonds is 3. The summed E-state index contributed by atoms with van der Waals surface area (Å²) in [5.74, 6) is -0.393. The van der Waals surface area contributed by atoms with Gasteiger partial charge < -0.3 is 4.74 Å². The van der Waals surface area contributed by atoms with Crippen molar-refractivity contribution in [3.05, 3.63) is 66.8 Å². The summed E-state index contributed by atoms with van der Waals surface area (Å²) in [7, 11) is 0. The third kappa shape index (κ3) is 2.90. The summed E-state index contributed by atoms with van der Waals surface area (Å²) in [5.41, 5.74) is 0.658. The highest BCUT2D eigenvalue weighted by atomic mass is 16.5. The van der Waals surface area contributed by atoms with E-state index in [1.807, 2.05) is 37.3 Å². The molecule has 2 aliphatic rings. The zero-order valence-electron chi connectivity index (χ0n) is 13.1. The Bertz CT molecular complexity index is 687. The number of hydrogen-bond donors (Lipinski definition) is 0. The van der Waals surface area contributed by atoms with Crippen LogP contribution in [0.5, 0.6) is 0 Å². The van der Waals surface area contributed by atoms with Crippen LogP contribution < -0.4 is 4.90 Å². The summed E-state index contributed by atoms with van der Waals surface area (Å²) in [6, 6.07) is 9.38. The van der Waals surface area contributed by atoms with E-state index in [9.17, 15) is 9.59 Å². The van der Waals surface area contributed by atoms with Crippen molar-refractivity contribution in [2.24, 2.45) is 5.92 Å². The number of amides is 1. The Morgan fingerprint density at radius 2 is 1.91 bits per heavy atom. The lowest BCUT2D eigenvalue weighted by Crippen LogP contribution is -2.59. The van der Waals surface area contributed by atoms with Crippen molar-refractivity contribution < 1.29 is 14.3 Å². The second-order valence-corrected chi connectivity index (χ2v) is 6.00. The molecule has 0 saturated carbocycles. The second-order valence-electron chi connectivity index (χ2n) is 6.00. The van der Waals surface area contributed by atoms with Gasteiger partial charge in [-0.2, -0.15) is 0 Å². The molecule has 1 aliphatic heterocycles. The van der Waals surface area contributed by atoms with Crippen LogP contribution in [-0.4, -0.2) is 24.0 Å². The van der Waals surface area contributed by atoms with Gasteiger partial charge in [-0.15, -0.1) is 6.58 Å². The van der Waals surface area contributed by atoms with Gasteiger partial charge in [0.05, 0.1) is 12.5 Å². The molecule has 3 rings (SSSR count). The molecule has 1 heterocycles. The average Bonchev–Trinajstić information content (AvgIpc) is 2.54. The molecule has 0 N–H and O–H groups in total. The molecular formula is C19H19NO3. The predicted octanol–water partition coefficient (Wildman–Crippen LogP) is 3.02. The van der Waals surface area contributed by atoms with Crippen molar-refractivity contribution in [2.75, 3.05) is 11.5 Å². The highest BCUT2D eigenvalue weighted by Gasteiger charge is 2.46. The summed E-state index contributed by atoms with van der Waals surface area (Å²) in [6.07, 6.45) is 6.78. The van der Waals surface area contributed by atoms with E-state index in [1.165, 1.54) is 12.2 Å². The Balaban J connectivity index is 2.03. The van der Waals surface area contributed by atoms with E-state index in [1.54, 1.807) is 17.1 Å². The summed E-state index contributed by atoms with van der Waals surface area (Å²) < 4.78 is 6.04. The molecule has 1 saturated heterocycles. The largest absolute Gasteiger partial charge is 0.347 e.